The van der Waals surface area contributed by atoms with Crippen molar-refractivity contribution in [2.75, 3.05) is 40.0 Å². The molecular formula is C13H20N2OS2. The van der Waals surface area contributed by atoms with Gasteiger partial charge >= 0.3 is 0 Å². The van der Waals surface area contributed by atoms with Crippen LogP contribution in [-0.2, 0) is 0 Å². The zero-order valence-electron chi connectivity index (χ0n) is 11.2. The van der Waals surface area contributed by atoms with Crippen LogP contribution >= 0.6 is 23.1 Å². The molecule has 0 aliphatic carbocycles. The van der Waals surface area contributed by atoms with Crippen molar-refractivity contribution in [3.8, 4) is 0 Å². The number of carbonyl (C=O) groups excluding carboxylic acids is 1. The zero-order valence-corrected chi connectivity index (χ0v) is 12.8. The van der Waals surface area contributed by atoms with Crippen molar-refractivity contribution in [1.29, 1.82) is 0 Å². The number of hydrogen-bond acceptors (Lipinski definition) is 4. The summed E-state index contributed by atoms with van der Waals surface area (Å²) in [4.78, 5) is 18.6. The summed E-state index contributed by atoms with van der Waals surface area (Å²) in [5.74, 6) is 0.797. The van der Waals surface area contributed by atoms with Crippen molar-refractivity contribution in [3.05, 3.63) is 16.3 Å². The van der Waals surface area contributed by atoms with Gasteiger partial charge in [0, 0.05) is 25.0 Å². The van der Waals surface area contributed by atoms with E-state index >= 15 is 0 Å². The lowest BCUT2D eigenvalue weighted by atomic mass is 10.1. The van der Waals surface area contributed by atoms with E-state index < -0.39 is 0 Å². The van der Waals surface area contributed by atoms with Gasteiger partial charge in [-0.2, -0.15) is 0 Å². The highest BCUT2D eigenvalue weighted by Crippen LogP contribution is 2.27. The van der Waals surface area contributed by atoms with Crippen LogP contribution in [0.1, 0.15) is 16.1 Å². The summed E-state index contributed by atoms with van der Waals surface area (Å²) in [6.45, 7) is 3.13. The van der Waals surface area contributed by atoms with E-state index in [2.05, 4.69) is 11.9 Å². The van der Waals surface area contributed by atoms with Gasteiger partial charge in [0.25, 0.3) is 5.91 Å². The molecule has 1 amide bonds. The van der Waals surface area contributed by atoms with Gasteiger partial charge in [-0.3, -0.25) is 4.79 Å². The average molecular weight is 284 g/mol. The van der Waals surface area contributed by atoms with E-state index in [1.807, 2.05) is 29.6 Å². The fourth-order valence-corrected chi connectivity index (χ4v) is 4.17. The highest BCUT2D eigenvalue weighted by atomic mass is 32.2. The molecule has 0 saturated carbocycles. The predicted octanol–water partition coefficient (Wildman–Crippen LogP) is 2.49. The summed E-state index contributed by atoms with van der Waals surface area (Å²) in [5.41, 5.74) is 0. The lowest BCUT2D eigenvalue weighted by molar-refractivity contribution is 0.0776. The first-order chi connectivity index (χ1) is 8.61. The molecule has 0 radical (unpaired) electrons. The van der Waals surface area contributed by atoms with Crippen LogP contribution in [0.5, 0.6) is 0 Å². The number of nitrogens with zero attached hydrogens (tertiary/aromatic N) is 2. The van der Waals surface area contributed by atoms with Crippen molar-refractivity contribution in [2.45, 2.75) is 11.3 Å². The Morgan fingerprint density at radius 1 is 1.67 bits per heavy atom. The predicted molar refractivity (Wildman–Crippen MR) is 78.7 cm³/mol. The summed E-state index contributed by atoms with van der Waals surface area (Å²) in [6.07, 6.45) is 3.22. The molecule has 1 atom stereocenters. The van der Waals surface area contributed by atoms with Gasteiger partial charge in [-0.15, -0.1) is 23.1 Å². The number of rotatable bonds is 4. The minimum atomic E-state index is 0.170. The van der Waals surface area contributed by atoms with E-state index in [9.17, 15) is 4.79 Å². The third kappa shape index (κ3) is 3.08. The first kappa shape index (κ1) is 13.9. The zero-order chi connectivity index (χ0) is 13.1. The van der Waals surface area contributed by atoms with Crippen molar-refractivity contribution < 1.29 is 4.79 Å². The van der Waals surface area contributed by atoms with E-state index in [1.165, 1.54) is 6.42 Å². The van der Waals surface area contributed by atoms with E-state index in [4.69, 9.17) is 0 Å². The van der Waals surface area contributed by atoms with Crippen LogP contribution in [0, 0.1) is 5.92 Å². The lowest BCUT2D eigenvalue weighted by Crippen LogP contribution is -2.32. The monoisotopic (exact) mass is 284 g/mol. The van der Waals surface area contributed by atoms with Crippen LogP contribution in [0.25, 0.3) is 0 Å². The highest BCUT2D eigenvalue weighted by Gasteiger charge is 2.24. The number of amides is 1. The van der Waals surface area contributed by atoms with Crippen molar-refractivity contribution in [1.82, 2.24) is 9.80 Å². The molecule has 0 spiro atoms. The Morgan fingerprint density at radius 3 is 3.06 bits per heavy atom. The first-order valence-electron chi connectivity index (χ1n) is 6.17. The van der Waals surface area contributed by atoms with Crippen LogP contribution in [-0.4, -0.2) is 55.7 Å². The Bertz CT molecular complexity index is 419. The first-order valence-corrected chi connectivity index (χ1v) is 8.27. The molecule has 0 bridgehead atoms. The molecule has 5 heteroatoms. The maximum absolute atomic E-state index is 12.4. The molecule has 1 fully saturated rings. The fraction of sp³-hybridized carbons (Fsp3) is 0.615. The second-order valence-corrected chi connectivity index (χ2v) is 6.68. The SMILES string of the molecule is CSc1ccsc1C(=O)N(C)C[C@@H]1CCN(C)C1. The molecule has 0 N–H and O–H groups in total. The van der Waals surface area contributed by atoms with E-state index in [0.29, 0.717) is 5.92 Å². The summed E-state index contributed by atoms with van der Waals surface area (Å²) < 4.78 is 0. The summed E-state index contributed by atoms with van der Waals surface area (Å²) in [6, 6.07) is 2.03. The molecule has 0 aromatic carbocycles. The van der Waals surface area contributed by atoms with Crippen LogP contribution in [0.4, 0.5) is 0 Å². The largest absolute Gasteiger partial charge is 0.341 e. The molecule has 1 saturated heterocycles. The molecule has 18 heavy (non-hydrogen) atoms. The van der Waals surface area contributed by atoms with Crippen LogP contribution in [0.3, 0.4) is 0 Å². The van der Waals surface area contributed by atoms with Crippen molar-refractivity contribution in [3.63, 3.8) is 0 Å². The number of carbonyl (C=O) groups is 1. The maximum Gasteiger partial charge on any atom is 0.264 e. The topological polar surface area (TPSA) is 23.6 Å². The smallest absolute Gasteiger partial charge is 0.264 e. The Morgan fingerprint density at radius 2 is 2.44 bits per heavy atom. The Hall–Kier alpha value is -0.520. The number of thiophene rings is 1. The molecule has 2 heterocycles. The van der Waals surface area contributed by atoms with Gasteiger partial charge in [0.05, 0.1) is 0 Å². The van der Waals surface area contributed by atoms with Gasteiger partial charge in [0.1, 0.15) is 4.88 Å². The Labute approximate surface area is 117 Å². The molecule has 1 aliphatic rings. The van der Waals surface area contributed by atoms with Gasteiger partial charge in [0.2, 0.25) is 0 Å². The molecule has 100 valence electrons. The van der Waals surface area contributed by atoms with Crippen LogP contribution in [0.2, 0.25) is 0 Å². The molecule has 3 nitrogen and oxygen atoms in total. The van der Waals surface area contributed by atoms with E-state index in [-0.39, 0.29) is 5.91 Å². The molecule has 1 aromatic heterocycles. The van der Waals surface area contributed by atoms with Crippen molar-refractivity contribution in [2.24, 2.45) is 5.92 Å². The minimum absolute atomic E-state index is 0.170. The fourth-order valence-electron chi connectivity index (χ4n) is 2.43. The van der Waals surface area contributed by atoms with Gasteiger partial charge in [-0.1, -0.05) is 0 Å². The second kappa shape index (κ2) is 6.08. The van der Waals surface area contributed by atoms with Crippen LogP contribution in [0.15, 0.2) is 16.3 Å². The van der Waals surface area contributed by atoms with Gasteiger partial charge in [-0.25, -0.2) is 0 Å². The molecular weight excluding hydrogens is 264 g/mol. The number of hydrogen-bond donors (Lipinski definition) is 0. The molecule has 2 rings (SSSR count). The van der Waals surface area contributed by atoms with Crippen LogP contribution < -0.4 is 0 Å². The third-order valence-electron chi connectivity index (χ3n) is 3.41. The summed E-state index contributed by atoms with van der Waals surface area (Å²) in [7, 11) is 4.07. The Balaban J connectivity index is 1.96. The molecule has 1 aliphatic heterocycles. The maximum atomic E-state index is 12.4. The summed E-state index contributed by atoms with van der Waals surface area (Å²) in [5, 5.41) is 2.00. The van der Waals surface area contributed by atoms with Gasteiger partial charge < -0.3 is 9.80 Å². The highest BCUT2D eigenvalue weighted by molar-refractivity contribution is 7.98. The quantitative estimate of drug-likeness (QED) is 0.794. The van der Waals surface area contributed by atoms with Crippen molar-refractivity contribution >= 4 is 29.0 Å². The Kier molecular flexibility index (Phi) is 4.70. The average Bonchev–Trinajstić information content (AvgIpc) is 2.96. The van der Waals surface area contributed by atoms with Gasteiger partial charge in [0.15, 0.2) is 0 Å². The normalized spacial score (nSPS) is 20.3. The number of likely N-dealkylation sites (tertiary alicyclic amines) is 1. The molecule has 1 aromatic rings. The third-order valence-corrected chi connectivity index (χ3v) is 5.22. The molecule has 0 unspecified atom stereocenters. The van der Waals surface area contributed by atoms with Gasteiger partial charge in [-0.05, 0) is 43.6 Å². The van der Waals surface area contributed by atoms with E-state index in [1.54, 1.807) is 23.1 Å². The standard InChI is InChI=1S/C13H20N2OS2/c1-14-6-4-10(8-14)9-15(2)13(16)12-11(17-3)5-7-18-12/h5,7,10H,4,6,8-9H2,1-3H3/t10-/m1/s1. The summed E-state index contributed by atoms with van der Waals surface area (Å²) >= 11 is 3.19. The van der Waals surface area contributed by atoms with E-state index in [0.717, 1.165) is 29.4 Å². The lowest BCUT2D eigenvalue weighted by Gasteiger charge is -2.21. The second-order valence-electron chi connectivity index (χ2n) is 4.92. The minimum Gasteiger partial charge on any atom is -0.341 e. The number of thioether (sulfide) groups is 1.